The van der Waals surface area contributed by atoms with Crippen LogP contribution in [0.3, 0.4) is 0 Å². The number of rotatable bonds is 4. The molecule has 1 aromatic carbocycles. The number of aliphatic carboxylic acids is 1. The summed E-state index contributed by atoms with van der Waals surface area (Å²) in [5.41, 5.74) is -0.422. The van der Waals surface area contributed by atoms with Gasteiger partial charge < -0.3 is 9.84 Å². The smallest absolute Gasteiger partial charge is 0.342 e. The van der Waals surface area contributed by atoms with Crippen molar-refractivity contribution in [1.29, 1.82) is 0 Å². The summed E-state index contributed by atoms with van der Waals surface area (Å²) in [5, 5.41) is 8.47. The van der Waals surface area contributed by atoms with Crippen LogP contribution in [0.1, 0.15) is 0 Å². The average molecular weight is 192 g/mol. The summed E-state index contributed by atoms with van der Waals surface area (Å²) in [5.74, 6) is -0.830. The van der Waals surface area contributed by atoms with Gasteiger partial charge in [-0.3, -0.25) is 4.79 Å². The Hall–Kier alpha value is -2.10. The molecule has 14 heavy (non-hydrogen) atoms. The van der Waals surface area contributed by atoms with Crippen LogP contribution in [-0.2, 0) is 9.59 Å². The predicted octanol–water partition coefficient (Wildman–Crippen LogP) is 1.23. The van der Waals surface area contributed by atoms with Crippen LogP contribution in [0.15, 0.2) is 42.2 Å². The summed E-state index contributed by atoms with van der Waals surface area (Å²) in [6, 6.07) is 8.59. The van der Waals surface area contributed by atoms with Crippen LogP contribution >= 0.6 is 0 Å². The SMILES string of the molecule is O=CC(=COc1ccccc1)C(=O)O. The van der Waals surface area contributed by atoms with E-state index < -0.39 is 11.5 Å². The van der Waals surface area contributed by atoms with Crippen molar-refractivity contribution in [2.75, 3.05) is 0 Å². The molecular formula is C10H8O4. The highest BCUT2D eigenvalue weighted by Crippen LogP contribution is 2.09. The molecule has 4 heteroatoms. The topological polar surface area (TPSA) is 63.6 Å². The molecule has 0 spiro atoms. The van der Waals surface area contributed by atoms with E-state index in [0.717, 1.165) is 6.26 Å². The van der Waals surface area contributed by atoms with Crippen molar-refractivity contribution in [3.8, 4) is 5.75 Å². The van der Waals surface area contributed by atoms with Crippen LogP contribution in [-0.4, -0.2) is 17.4 Å². The van der Waals surface area contributed by atoms with Gasteiger partial charge in [-0.05, 0) is 12.1 Å². The second-order valence-electron chi connectivity index (χ2n) is 2.43. The summed E-state index contributed by atoms with van der Waals surface area (Å²) in [6.07, 6.45) is 1.13. The van der Waals surface area contributed by atoms with E-state index in [2.05, 4.69) is 0 Å². The lowest BCUT2D eigenvalue weighted by molar-refractivity contribution is -0.133. The third-order valence-corrected chi connectivity index (χ3v) is 1.44. The fraction of sp³-hybridized carbons (Fsp3) is 0. The summed E-state index contributed by atoms with van der Waals surface area (Å²) >= 11 is 0. The zero-order chi connectivity index (χ0) is 10.4. The predicted molar refractivity (Wildman–Crippen MR) is 48.9 cm³/mol. The van der Waals surface area contributed by atoms with E-state index >= 15 is 0 Å². The van der Waals surface area contributed by atoms with Gasteiger partial charge in [0.05, 0.1) is 0 Å². The molecule has 0 radical (unpaired) electrons. The molecule has 0 saturated carbocycles. The molecule has 0 saturated heterocycles. The molecular weight excluding hydrogens is 184 g/mol. The van der Waals surface area contributed by atoms with Gasteiger partial charge in [-0.1, -0.05) is 18.2 Å². The van der Waals surface area contributed by atoms with Gasteiger partial charge in [-0.25, -0.2) is 4.79 Å². The number of aldehydes is 1. The minimum Gasteiger partial charge on any atom is -0.477 e. The Morgan fingerprint density at radius 3 is 2.43 bits per heavy atom. The highest BCUT2D eigenvalue weighted by atomic mass is 16.5. The monoisotopic (exact) mass is 192 g/mol. The van der Waals surface area contributed by atoms with Crippen molar-refractivity contribution >= 4 is 12.3 Å². The molecule has 0 unspecified atom stereocenters. The van der Waals surface area contributed by atoms with E-state index in [1.165, 1.54) is 0 Å². The molecule has 1 aromatic rings. The normalized spacial score (nSPS) is 10.7. The highest BCUT2D eigenvalue weighted by Gasteiger charge is 2.05. The third kappa shape index (κ3) is 2.75. The Morgan fingerprint density at radius 2 is 1.93 bits per heavy atom. The zero-order valence-corrected chi connectivity index (χ0v) is 7.21. The minimum absolute atomic E-state index is 0.227. The quantitative estimate of drug-likeness (QED) is 0.256. The van der Waals surface area contributed by atoms with Gasteiger partial charge in [0, 0.05) is 0 Å². The van der Waals surface area contributed by atoms with Gasteiger partial charge in [0.15, 0.2) is 6.29 Å². The Kier molecular flexibility index (Phi) is 3.43. The molecule has 0 amide bonds. The number of hydrogen-bond acceptors (Lipinski definition) is 3. The molecule has 0 aliphatic carbocycles. The fourth-order valence-corrected chi connectivity index (χ4v) is 0.759. The van der Waals surface area contributed by atoms with Gasteiger partial charge in [-0.2, -0.15) is 0 Å². The van der Waals surface area contributed by atoms with Crippen LogP contribution < -0.4 is 4.74 Å². The second-order valence-corrected chi connectivity index (χ2v) is 2.43. The standard InChI is InChI=1S/C10H8O4/c11-6-8(10(12)13)7-14-9-4-2-1-3-5-9/h1-7H,(H,12,13). The molecule has 0 bridgehead atoms. The lowest BCUT2D eigenvalue weighted by Gasteiger charge is -1.98. The maximum Gasteiger partial charge on any atom is 0.342 e. The number of para-hydroxylation sites is 1. The number of carbonyl (C=O) groups excluding carboxylic acids is 1. The summed E-state index contributed by atoms with van der Waals surface area (Å²) in [7, 11) is 0. The maximum absolute atomic E-state index is 10.4. The molecule has 72 valence electrons. The van der Waals surface area contributed by atoms with Crippen LogP contribution in [0.25, 0.3) is 0 Å². The van der Waals surface area contributed by atoms with E-state index in [-0.39, 0.29) is 6.29 Å². The van der Waals surface area contributed by atoms with Crippen molar-refractivity contribution in [3.05, 3.63) is 42.2 Å². The lowest BCUT2D eigenvalue weighted by atomic mass is 10.3. The molecule has 0 aromatic heterocycles. The van der Waals surface area contributed by atoms with Gasteiger partial charge in [0.2, 0.25) is 0 Å². The molecule has 1 N–H and O–H groups in total. The van der Waals surface area contributed by atoms with Gasteiger partial charge >= 0.3 is 5.97 Å². The van der Waals surface area contributed by atoms with E-state index in [1.807, 2.05) is 0 Å². The molecule has 4 nitrogen and oxygen atoms in total. The van der Waals surface area contributed by atoms with E-state index in [0.29, 0.717) is 5.75 Å². The Balaban J connectivity index is 2.71. The molecule has 0 fully saturated rings. The highest BCUT2D eigenvalue weighted by molar-refractivity contribution is 6.06. The Labute approximate surface area is 80.4 Å². The van der Waals surface area contributed by atoms with E-state index in [9.17, 15) is 9.59 Å². The van der Waals surface area contributed by atoms with Gasteiger partial charge in [-0.15, -0.1) is 0 Å². The maximum atomic E-state index is 10.4. The lowest BCUT2D eigenvalue weighted by Crippen LogP contribution is -2.03. The zero-order valence-electron chi connectivity index (χ0n) is 7.21. The largest absolute Gasteiger partial charge is 0.477 e. The first-order valence-electron chi connectivity index (χ1n) is 3.84. The molecule has 0 aliphatic heterocycles. The van der Waals surface area contributed by atoms with Crippen molar-refractivity contribution in [2.24, 2.45) is 0 Å². The van der Waals surface area contributed by atoms with E-state index in [1.54, 1.807) is 30.3 Å². The minimum atomic E-state index is -1.31. The molecule has 0 atom stereocenters. The van der Waals surface area contributed by atoms with Crippen molar-refractivity contribution in [1.82, 2.24) is 0 Å². The number of ether oxygens (including phenoxy) is 1. The first kappa shape index (κ1) is 9.98. The van der Waals surface area contributed by atoms with Crippen molar-refractivity contribution < 1.29 is 19.4 Å². The summed E-state index contributed by atoms with van der Waals surface area (Å²) in [4.78, 5) is 20.6. The van der Waals surface area contributed by atoms with Gasteiger partial charge in [0.25, 0.3) is 0 Å². The first-order chi connectivity index (χ1) is 6.74. The third-order valence-electron chi connectivity index (χ3n) is 1.44. The summed E-state index contributed by atoms with van der Waals surface area (Å²) in [6.45, 7) is 0. The summed E-state index contributed by atoms with van der Waals surface area (Å²) < 4.78 is 4.95. The molecule has 0 heterocycles. The Bertz CT molecular complexity index is 354. The number of carboxylic acids is 1. The molecule has 1 rings (SSSR count). The number of carbonyl (C=O) groups is 2. The second kappa shape index (κ2) is 4.81. The van der Waals surface area contributed by atoms with Crippen LogP contribution in [0.4, 0.5) is 0 Å². The van der Waals surface area contributed by atoms with Crippen LogP contribution in [0.2, 0.25) is 0 Å². The van der Waals surface area contributed by atoms with Crippen molar-refractivity contribution in [3.63, 3.8) is 0 Å². The number of carboxylic acid groups (broad SMARTS) is 1. The number of hydrogen-bond donors (Lipinski definition) is 1. The average Bonchev–Trinajstić information content (AvgIpc) is 2.20. The van der Waals surface area contributed by atoms with Crippen molar-refractivity contribution in [2.45, 2.75) is 0 Å². The Morgan fingerprint density at radius 1 is 1.29 bits per heavy atom. The molecule has 0 aliphatic rings. The van der Waals surface area contributed by atoms with Crippen LogP contribution in [0.5, 0.6) is 5.75 Å². The fourth-order valence-electron chi connectivity index (χ4n) is 0.759. The number of benzene rings is 1. The van der Waals surface area contributed by atoms with E-state index in [4.69, 9.17) is 9.84 Å². The van der Waals surface area contributed by atoms with Crippen LogP contribution in [0, 0.1) is 0 Å². The van der Waals surface area contributed by atoms with Gasteiger partial charge in [0.1, 0.15) is 17.6 Å². The first-order valence-corrected chi connectivity index (χ1v) is 3.84.